The van der Waals surface area contributed by atoms with E-state index in [0.29, 0.717) is 19.4 Å². The van der Waals surface area contributed by atoms with Crippen LogP contribution in [0.2, 0.25) is 0 Å². The molecule has 0 spiro atoms. The highest BCUT2D eigenvalue weighted by Gasteiger charge is 2.51. The molecule has 3 aliphatic heterocycles. The first-order chi connectivity index (χ1) is 18.3. The molecular formula is C27H34N2O9. The van der Waals surface area contributed by atoms with E-state index < -0.39 is 61.3 Å². The number of ether oxygens (including phenoxy) is 3. The largest absolute Gasteiger partial charge is 0.515 e. The van der Waals surface area contributed by atoms with E-state index >= 15 is 0 Å². The van der Waals surface area contributed by atoms with Crippen LogP contribution in [0.15, 0.2) is 48.8 Å². The Morgan fingerprint density at radius 1 is 1.24 bits per heavy atom. The first kappa shape index (κ1) is 26.8. The molecule has 38 heavy (non-hydrogen) atoms. The van der Waals surface area contributed by atoms with E-state index in [1.54, 1.807) is 6.08 Å². The van der Waals surface area contributed by atoms with Crippen molar-refractivity contribution in [3.63, 3.8) is 0 Å². The Hall–Kier alpha value is -2.77. The molecule has 11 heteroatoms. The fourth-order valence-corrected chi connectivity index (χ4v) is 6.23. The molecule has 5 rings (SSSR count). The van der Waals surface area contributed by atoms with Gasteiger partial charge in [-0.15, -0.1) is 6.58 Å². The van der Waals surface area contributed by atoms with Crippen LogP contribution >= 0.6 is 0 Å². The van der Waals surface area contributed by atoms with Gasteiger partial charge < -0.3 is 44.7 Å². The number of hydrogen-bond acceptors (Lipinski definition) is 10. The summed E-state index contributed by atoms with van der Waals surface area (Å²) in [5, 5.41) is 52.1. The van der Waals surface area contributed by atoms with Crippen LogP contribution in [0.5, 0.6) is 0 Å². The third kappa shape index (κ3) is 4.34. The molecule has 3 aliphatic rings. The summed E-state index contributed by atoms with van der Waals surface area (Å²) >= 11 is 0. The number of fused-ring (bicyclic) bond motifs is 5. The lowest BCUT2D eigenvalue weighted by Gasteiger charge is -2.52. The minimum Gasteiger partial charge on any atom is -0.515 e. The second kappa shape index (κ2) is 10.8. The molecule has 0 aliphatic carbocycles. The summed E-state index contributed by atoms with van der Waals surface area (Å²) < 4.78 is 16.9. The summed E-state index contributed by atoms with van der Waals surface area (Å²) in [6.45, 7) is 3.95. The number of nitrogens with zero attached hydrogens (tertiary/aromatic N) is 1. The molecule has 9 atom stereocenters. The molecular weight excluding hydrogens is 496 g/mol. The van der Waals surface area contributed by atoms with Crippen molar-refractivity contribution in [1.29, 1.82) is 0 Å². The van der Waals surface area contributed by atoms with E-state index in [0.717, 1.165) is 28.4 Å². The van der Waals surface area contributed by atoms with Gasteiger partial charge in [0.05, 0.1) is 31.6 Å². The van der Waals surface area contributed by atoms with Crippen LogP contribution in [0.3, 0.4) is 0 Å². The number of nitrogens with one attached hydrogen (secondary N) is 1. The molecule has 1 aromatic carbocycles. The molecule has 11 nitrogen and oxygen atoms in total. The molecule has 4 heterocycles. The van der Waals surface area contributed by atoms with Crippen LogP contribution in [0, 0.1) is 11.8 Å². The van der Waals surface area contributed by atoms with Crippen molar-refractivity contribution in [3.05, 3.63) is 60.0 Å². The zero-order valence-corrected chi connectivity index (χ0v) is 21.0. The normalized spacial score (nSPS) is 35.9. The molecule has 2 saturated heterocycles. The van der Waals surface area contributed by atoms with Gasteiger partial charge >= 0.3 is 5.97 Å². The van der Waals surface area contributed by atoms with Crippen molar-refractivity contribution in [2.75, 3.05) is 20.3 Å². The molecule has 206 valence electrons. The summed E-state index contributed by atoms with van der Waals surface area (Å²) in [7, 11) is 1.24. The minimum absolute atomic E-state index is 0.0580. The first-order valence-electron chi connectivity index (χ1n) is 12.7. The Kier molecular flexibility index (Phi) is 7.60. The smallest absolute Gasteiger partial charge is 0.337 e. The molecule has 0 saturated carbocycles. The number of benzene rings is 1. The number of para-hydroxylation sites is 1. The van der Waals surface area contributed by atoms with Crippen LogP contribution in [0.25, 0.3) is 10.9 Å². The van der Waals surface area contributed by atoms with Crippen molar-refractivity contribution in [2.45, 2.75) is 55.8 Å². The lowest BCUT2D eigenvalue weighted by atomic mass is 9.74. The highest BCUT2D eigenvalue weighted by Crippen LogP contribution is 2.49. The molecule has 0 amide bonds. The van der Waals surface area contributed by atoms with Crippen molar-refractivity contribution in [3.8, 4) is 0 Å². The standard InChI is InChI=1S/C27H34N2O9/c1-3-13-16(17(11-30)26(35)36-2)10-19-21-15(14-6-4-5-7-18(14)28-21)8-9-29(19)25(13)38-27-24(34)23(33)22(32)20(12-31)37-27/h3-7,11,13,16,19-20,22-25,27-28,30-34H,1,8-10,12H2,2H3/b17-11-/t13-,16-,19-,20+,22+,23-,24+,25-,27-/m0/s1. The van der Waals surface area contributed by atoms with E-state index in [1.165, 1.54) is 7.11 Å². The fourth-order valence-electron chi connectivity index (χ4n) is 6.23. The first-order valence-corrected chi connectivity index (χ1v) is 12.7. The molecule has 6 N–H and O–H groups in total. The number of methoxy groups -OCH3 is 1. The second-order valence-corrected chi connectivity index (χ2v) is 10.0. The summed E-state index contributed by atoms with van der Waals surface area (Å²) in [5.41, 5.74) is 3.17. The van der Waals surface area contributed by atoms with Crippen molar-refractivity contribution >= 4 is 16.9 Å². The number of piperidine rings is 1. The van der Waals surface area contributed by atoms with Gasteiger partial charge in [-0.1, -0.05) is 24.3 Å². The number of H-pyrrole nitrogens is 1. The Morgan fingerprint density at radius 2 is 2.00 bits per heavy atom. The Morgan fingerprint density at radius 3 is 2.68 bits per heavy atom. The summed E-state index contributed by atoms with van der Waals surface area (Å²) in [6.07, 6.45) is -4.54. The molecule has 2 aromatic rings. The number of aliphatic hydroxyl groups excluding tert-OH is 5. The molecule has 2 fully saturated rings. The van der Waals surface area contributed by atoms with E-state index in [9.17, 15) is 30.3 Å². The number of carbonyl (C=O) groups is 1. The van der Waals surface area contributed by atoms with E-state index in [1.807, 2.05) is 18.2 Å². The van der Waals surface area contributed by atoms with E-state index in [4.69, 9.17) is 14.2 Å². The molecule has 0 radical (unpaired) electrons. The number of rotatable bonds is 6. The Bertz CT molecular complexity index is 1210. The zero-order valence-electron chi connectivity index (χ0n) is 21.0. The van der Waals surface area contributed by atoms with Crippen LogP contribution in [-0.4, -0.2) is 98.6 Å². The van der Waals surface area contributed by atoms with E-state index in [-0.39, 0.29) is 11.6 Å². The molecule has 0 bridgehead atoms. The average molecular weight is 531 g/mol. The van der Waals surface area contributed by atoms with Gasteiger partial charge in [-0.2, -0.15) is 0 Å². The lowest BCUT2D eigenvalue weighted by Crippen LogP contribution is -2.62. The number of esters is 1. The topological polar surface area (TPSA) is 165 Å². The fraction of sp³-hybridized carbons (Fsp3) is 0.519. The number of aromatic amines is 1. The Labute approximate surface area is 219 Å². The second-order valence-electron chi connectivity index (χ2n) is 10.0. The highest BCUT2D eigenvalue weighted by molar-refractivity contribution is 5.89. The van der Waals surface area contributed by atoms with Crippen molar-refractivity contribution in [2.24, 2.45) is 11.8 Å². The van der Waals surface area contributed by atoms with Gasteiger partial charge in [0.25, 0.3) is 0 Å². The van der Waals surface area contributed by atoms with Gasteiger partial charge in [-0.3, -0.25) is 4.90 Å². The van der Waals surface area contributed by atoms with Crippen molar-refractivity contribution < 1.29 is 44.5 Å². The molecule has 0 unspecified atom stereocenters. The SMILES string of the molecule is C=C[C@H]1[C@@H](/C(=C/O)C(=O)OC)C[C@H]2c3[nH]c4ccccc4c3CCN2[C@H]1O[C@@H]1O[C@H](CO)[C@@H](O)[C@H](O)[C@H]1O. The van der Waals surface area contributed by atoms with Gasteiger partial charge in [0.1, 0.15) is 30.6 Å². The van der Waals surface area contributed by atoms with Gasteiger partial charge in [0, 0.05) is 35.0 Å². The quantitative estimate of drug-likeness (QED) is 0.135. The number of aromatic nitrogens is 1. The predicted octanol–water partition coefficient (Wildman–Crippen LogP) is 0.647. The van der Waals surface area contributed by atoms with Crippen LogP contribution in [0.1, 0.15) is 23.7 Å². The molecule has 1 aromatic heterocycles. The Balaban J connectivity index is 1.56. The van der Waals surface area contributed by atoms with Crippen molar-refractivity contribution in [1.82, 2.24) is 9.88 Å². The lowest BCUT2D eigenvalue weighted by molar-refractivity contribution is -0.333. The summed E-state index contributed by atoms with van der Waals surface area (Å²) in [6, 6.07) is 7.73. The minimum atomic E-state index is -1.60. The van der Waals surface area contributed by atoms with Gasteiger partial charge in [-0.05, 0) is 24.5 Å². The number of hydrogen-bond donors (Lipinski definition) is 6. The maximum absolute atomic E-state index is 12.7. The maximum atomic E-state index is 12.7. The van der Waals surface area contributed by atoms with Crippen LogP contribution < -0.4 is 0 Å². The third-order valence-electron chi connectivity index (χ3n) is 8.15. The summed E-state index contributed by atoms with van der Waals surface area (Å²) in [5.74, 6) is -1.81. The third-order valence-corrected chi connectivity index (χ3v) is 8.15. The number of aliphatic hydroxyl groups is 5. The average Bonchev–Trinajstić information content (AvgIpc) is 3.32. The zero-order chi connectivity index (χ0) is 27.1. The van der Waals surface area contributed by atoms with E-state index in [2.05, 4.69) is 22.5 Å². The maximum Gasteiger partial charge on any atom is 0.337 e. The predicted molar refractivity (Wildman–Crippen MR) is 135 cm³/mol. The van der Waals surface area contributed by atoms with Gasteiger partial charge in [0.2, 0.25) is 0 Å². The van der Waals surface area contributed by atoms with Gasteiger partial charge in [0.15, 0.2) is 6.29 Å². The van der Waals surface area contributed by atoms with Gasteiger partial charge in [-0.25, -0.2) is 4.79 Å². The number of carbonyl (C=O) groups excluding carboxylic acids is 1. The monoisotopic (exact) mass is 530 g/mol. The summed E-state index contributed by atoms with van der Waals surface area (Å²) in [4.78, 5) is 18.3. The van der Waals surface area contributed by atoms with Crippen LogP contribution in [-0.2, 0) is 25.4 Å². The highest BCUT2D eigenvalue weighted by atomic mass is 16.7. The van der Waals surface area contributed by atoms with Crippen LogP contribution in [0.4, 0.5) is 0 Å².